The molecule has 1 aromatic carbocycles. The van der Waals surface area contributed by atoms with Gasteiger partial charge in [0.1, 0.15) is 12.3 Å². The highest BCUT2D eigenvalue weighted by atomic mass is 19.1. The Balaban J connectivity index is 2.90. The highest BCUT2D eigenvalue weighted by Gasteiger charge is 2.29. The number of amides is 1. The van der Waals surface area contributed by atoms with Gasteiger partial charge in [0, 0.05) is 18.0 Å². The number of carbonyl (C=O) groups is 1. The summed E-state index contributed by atoms with van der Waals surface area (Å²) in [5.74, 6) is -1.15. The lowest BCUT2D eigenvalue weighted by Crippen LogP contribution is -2.53. The number of primary amides is 1. The van der Waals surface area contributed by atoms with Crippen molar-refractivity contribution in [3.63, 3.8) is 0 Å². The Morgan fingerprint density at radius 1 is 1.41 bits per heavy atom. The number of aliphatic hydroxyl groups is 1. The van der Waals surface area contributed by atoms with E-state index in [4.69, 9.17) is 5.73 Å². The maximum atomic E-state index is 13.5. The van der Waals surface area contributed by atoms with Gasteiger partial charge in [0.25, 0.3) is 0 Å². The molecule has 0 aliphatic heterocycles. The average Bonchev–Trinajstić information content (AvgIpc) is 2.50. The Morgan fingerprint density at radius 2 is 2.00 bits per heavy atom. The Morgan fingerprint density at radius 3 is 2.45 bits per heavy atom. The van der Waals surface area contributed by atoms with Crippen LogP contribution in [0.1, 0.15) is 19.4 Å². The van der Waals surface area contributed by atoms with Gasteiger partial charge in [-0.1, -0.05) is 43.3 Å². The van der Waals surface area contributed by atoms with Crippen LogP contribution < -0.4 is 11.1 Å². The first-order chi connectivity index (χ1) is 10.4. The van der Waals surface area contributed by atoms with Crippen LogP contribution in [0, 0.1) is 5.92 Å². The van der Waals surface area contributed by atoms with E-state index >= 15 is 0 Å². The van der Waals surface area contributed by atoms with Crippen molar-refractivity contribution in [2.75, 3.05) is 0 Å². The standard InChI is InChI=1S/C17H25FN2O2/c1-4-14(11(2)12(3)18)20-15(16(21)17(19)22)10-13-8-6-5-7-9-13/h4-9,11-12,14-16,20-21H,1,10H2,2-3H3,(H2,19,22)/t11-,12-,14?,15+,16?/m1/s1. The fraction of sp³-hybridized carbons (Fsp3) is 0.471. The quantitative estimate of drug-likeness (QED) is 0.606. The van der Waals surface area contributed by atoms with E-state index in [1.165, 1.54) is 6.92 Å². The van der Waals surface area contributed by atoms with Crippen LogP contribution in [0.4, 0.5) is 4.39 Å². The minimum absolute atomic E-state index is 0.337. The lowest BCUT2D eigenvalue weighted by atomic mass is 9.94. The number of hydrogen-bond acceptors (Lipinski definition) is 3. The van der Waals surface area contributed by atoms with E-state index in [-0.39, 0.29) is 12.0 Å². The first kappa shape index (κ1) is 18.3. The predicted octanol–water partition coefficient (Wildman–Crippen LogP) is 1.58. The molecule has 0 aliphatic rings. The molecule has 5 heteroatoms. The van der Waals surface area contributed by atoms with E-state index < -0.39 is 24.2 Å². The minimum atomic E-state index is -1.36. The lowest BCUT2D eigenvalue weighted by molar-refractivity contribution is -0.127. The van der Waals surface area contributed by atoms with Crippen molar-refractivity contribution in [1.29, 1.82) is 0 Å². The maximum Gasteiger partial charge on any atom is 0.247 e. The van der Waals surface area contributed by atoms with Crippen molar-refractivity contribution in [1.82, 2.24) is 5.32 Å². The number of alkyl halides is 1. The molecule has 0 fully saturated rings. The maximum absolute atomic E-state index is 13.5. The summed E-state index contributed by atoms with van der Waals surface area (Å²) < 4.78 is 13.5. The van der Waals surface area contributed by atoms with Crippen LogP contribution in [0.2, 0.25) is 0 Å². The Labute approximate surface area is 131 Å². The third kappa shape index (κ3) is 5.24. The van der Waals surface area contributed by atoms with Gasteiger partial charge in [0.2, 0.25) is 5.91 Å². The zero-order chi connectivity index (χ0) is 16.7. The van der Waals surface area contributed by atoms with Gasteiger partial charge in [-0.25, -0.2) is 4.39 Å². The van der Waals surface area contributed by atoms with Crippen LogP contribution in [-0.2, 0) is 11.2 Å². The molecule has 0 radical (unpaired) electrons. The lowest BCUT2D eigenvalue weighted by Gasteiger charge is -2.30. The molecule has 0 saturated heterocycles. The number of aliphatic hydroxyl groups excluding tert-OH is 1. The molecule has 4 N–H and O–H groups in total. The van der Waals surface area contributed by atoms with Gasteiger partial charge in [0.15, 0.2) is 0 Å². The van der Waals surface area contributed by atoms with Crippen LogP contribution in [0.3, 0.4) is 0 Å². The van der Waals surface area contributed by atoms with E-state index in [0.717, 1.165) is 5.56 Å². The number of nitrogens with one attached hydrogen (secondary N) is 1. The number of benzene rings is 1. The van der Waals surface area contributed by atoms with E-state index in [1.807, 2.05) is 30.3 Å². The number of hydrogen-bond donors (Lipinski definition) is 3. The molecule has 22 heavy (non-hydrogen) atoms. The molecule has 0 heterocycles. The Kier molecular flexibility index (Phi) is 7.21. The molecule has 122 valence electrons. The number of rotatable bonds is 9. The minimum Gasteiger partial charge on any atom is -0.382 e. The molecule has 4 nitrogen and oxygen atoms in total. The number of carbonyl (C=O) groups excluding carboxylic acids is 1. The predicted molar refractivity (Wildman–Crippen MR) is 86.0 cm³/mol. The van der Waals surface area contributed by atoms with E-state index in [1.54, 1.807) is 13.0 Å². The van der Waals surface area contributed by atoms with Crippen molar-refractivity contribution >= 4 is 5.91 Å². The summed E-state index contributed by atoms with van der Waals surface area (Å²) >= 11 is 0. The molecule has 0 aromatic heterocycles. The van der Waals surface area contributed by atoms with Crippen LogP contribution in [0.5, 0.6) is 0 Å². The van der Waals surface area contributed by atoms with Gasteiger partial charge >= 0.3 is 0 Å². The van der Waals surface area contributed by atoms with Crippen molar-refractivity contribution < 1.29 is 14.3 Å². The molecule has 1 aromatic rings. The summed E-state index contributed by atoms with van der Waals surface area (Å²) in [5, 5.41) is 13.2. The Bertz CT molecular complexity index is 479. The fourth-order valence-corrected chi connectivity index (χ4v) is 2.30. The molecule has 0 bridgehead atoms. The smallest absolute Gasteiger partial charge is 0.247 e. The second-order valence-electron chi connectivity index (χ2n) is 5.61. The second-order valence-corrected chi connectivity index (χ2v) is 5.61. The summed E-state index contributed by atoms with van der Waals surface area (Å²) in [5.41, 5.74) is 6.16. The molecule has 1 amide bonds. The molecule has 0 aliphatic carbocycles. The largest absolute Gasteiger partial charge is 0.382 e. The van der Waals surface area contributed by atoms with Gasteiger partial charge in [-0.05, 0) is 18.9 Å². The first-order valence-corrected chi connectivity index (χ1v) is 7.40. The van der Waals surface area contributed by atoms with Crippen molar-refractivity contribution in [2.24, 2.45) is 11.7 Å². The van der Waals surface area contributed by atoms with Crippen LogP contribution in [0.15, 0.2) is 43.0 Å². The number of nitrogens with two attached hydrogens (primary N) is 1. The SMILES string of the molecule is C=CC(N[C@@H](Cc1ccccc1)C(O)C(N)=O)[C@H](C)[C@@H](C)F. The van der Waals surface area contributed by atoms with E-state index in [9.17, 15) is 14.3 Å². The van der Waals surface area contributed by atoms with Crippen LogP contribution in [-0.4, -0.2) is 35.4 Å². The normalized spacial score (nSPS) is 18.0. The summed E-state index contributed by atoms with van der Waals surface area (Å²) in [7, 11) is 0. The van der Waals surface area contributed by atoms with Crippen molar-refractivity contribution in [2.45, 2.75) is 44.6 Å². The van der Waals surface area contributed by atoms with E-state index in [0.29, 0.717) is 6.42 Å². The second kappa shape index (κ2) is 8.66. The van der Waals surface area contributed by atoms with Crippen molar-refractivity contribution in [3.8, 4) is 0 Å². The summed E-state index contributed by atoms with van der Waals surface area (Å²) in [6.07, 6.45) is -0.404. The summed E-state index contributed by atoms with van der Waals surface area (Å²) in [6, 6.07) is 8.45. The Hall–Kier alpha value is -1.72. The van der Waals surface area contributed by atoms with Gasteiger partial charge in [0.05, 0.1) is 0 Å². The monoisotopic (exact) mass is 308 g/mol. The molecule has 0 saturated carbocycles. The van der Waals surface area contributed by atoms with Crippen molar-refractivity contribution in [3.05, 3.63) is 48.6 Å². The molecule has 5 atom stereocenters. The molecule has 0 spiro atoms. The molecule has 1 rings (SSSR count). The number of halogens is 1. The molecular formula is C17H25FN2O2. The van der Waals surface area contributed by atoms with Crippen LogP contribution >= 0.6 is 0 Å². The molecule has 2 unspecified atom stereocenters. The summed E-state index contributed by atoms with van der Waals surface area (Å²) in [6.45, 7) is 6.92. The van der Waals surface area contributed by atoms with Gasteiger partial charge in [-0.2, -0.15) is 0 Å². The van der Waals surface area contributed by atoms with Gasteiger partial charge in [-0.15, -0.1) is 6.58 Å². The highest BCUT2D eigenvalue weighted by molar-refractivity contribution is 5.79. The fourth-order valence-electron chi connectivity index (χ4n) is 2.30. The average molecular weight is 308 g/mol. The molecular weight excluding hydrogens is 283 g/mol. The highest BCUT2D eigenvalue weighted by Crippen LogP contribution is 2.15. The zero-order valence-corrected chi connectivity index (χ0v) is 13.1. The van der Waals surface area contributed by atoms with Gasteiger partial charge < -0.3 is 16.2 Å². The summed E-state index contributed by atoms with van der Waals surface area (Å²) in [4.78, 5) is 11.3. The topological polar surface area (TPSA) is 75.3 Å². The van der Waals surface area contributed by atoms with Gasteiger partial charge in [-0.3, -0.25) is 4.79 Å². The zero-order valence-electron chi connectivity index (χ0n) is 13.1. The third-order valence-electron chi connectivity index (χ3n) is 3.92. The van der Waals surface area contributed by atoms with Crippen LogP contribution in [0.25, 0.3) is 0 Å². The third-order valence-corrected chi connectivity index (χ3v) is 3.92. The first-order valence-electron chi connectivity index (χ1n) is 7.40. The van der Waals surface area contributed by atoms with E-state index in [2.05, 4.69) is 11.9 Å².